The zero-order chi connectivity index (χ0) is 19.4. The number of carboxylic acids is 1. The minimum absolute atomic E-state index is 0.232. The van der Waals surface area contributed by atoms with Crippen LogP contribution in [0.1, 0.15) is 11.1 Å². The summed E-state index contributed by atoms with van der Waals surface area (Å²) in [6.45, 7) is 1.47. The molecule has 2 aromatic rings. The van der Waals surface area contributed by atoms with E-state index in [2.05, 4.69) is 10.3 Å². The predicted octanol–water partition coefficient (Wildman–Crippen LogP) is 4.00. The Labute approximate surface area is 164 Å². The number of amidine groups is 1. The first-order chi connectivity index (χ1) is 12.9. The van der Waals surface area contributed by atoms with Crippen LogP contribution in [0.2, 0.25) is 5.02 Å². The number of rotatable bonds is 5. The summed E-state index contributed by atoms with van der Waals surface area (Å²) in [6, 6.07) is 12.2. The summed E-state index contributed by atoms with van der Waals surface area (Å²) in [5.74, 6) is -0.826. The van der Waals surface area contributed by atoms with Crippen LogP contribution in [0.5, 0.6) is 5.75 Å². The van der Waals surface area contributed by atoms with E-state index in [1.54, 1.807) is 42.5 Å². The van der Waals surface area contributed by atoms with E-state index in [9.17, 15) is 9.59 Å². The van der Waals surface area contributed by atoms with Crippen LogP contribution in [-0.4, -0.2) is 28.8 Å². The third kappa shape index (κ3) is 4.90. The van der Waals surface area contributed by atoms with Crippen molar-refractivity contribution in [2.75, 3.05) is 6.61 Å². The number of carboxylic acid groups (broad SMARTS) is 1. The van der Waals surface area contributed by atoms with Gasteiger partial charge < -0.3 is 15.2 Å². The van der Waals surface area contributed by atoms with Gasteiger partial charge in [0, 0.05) is 5.02 Å². The molecule has 1 heterocycles. The Morgan fingerprint density at radius 2 is 2.04 bits per heavy atom. The summed E-state index contributed by atoms with van der Waals surface area (Å²) >= 11 is 7.34. The second-order valence-electron chi connectivity index (χ2n) is 5.62. The van der Waals surface area contributed by atoms with Crippen LogP contribution in [0, 0.1) is 6.92 Å². The lowest BCUT2D eigenvalue weighted by atomic mass is 10.2. The summed E-state index contributed by atoms with van der Waals surface area (Å²) < 4.78 is 5.08. The Hall–Kier alpha value is -2.77. The van der Waals surface area contributed by atoms with E-state index < -0.39 is 12.6 Å². The lowest BCUT2D eigenvalue weighted by molar-refractivity contribution is -0.139. The van der Waals surface area contributed by atoms with E-state index in [0.29, 0.717) is 26.5 Å². The molecule has 0 unspecified atom stereocenters. The number of nitrogens with zero attached hydrogens (tertiary/aromatic N) is 1. The highest BCUT2D eigenvalue weighted by Gasteiger charge is 2.24. The molecule has 138 valence electrons. The number of ether oxygens (including phenoxy) is 1. The van der Waals surface area contributed by atoms with Crippen LogP contribution >= 0.6 is 23.4 Å². The van der Waals surface area contributed by atoms with Gasteiger partial charge in [-0.15, -0.1) is 0 Å². The summed E-state index contributed by atoms with van der Waals surface area (Å²) in [7, 11) is 0. The van der Waals surface area contributed by atoms with Crippen LogP contribution < -0.4 is 10.1 Å². The smallest absolute Gasteiger partial charge is 0.341 e. The van der Waals surface area contributed by atoms with Crippen LogP contribution in [-0.2, 0) is 9.59 Å². The fraction of sp³-hybridized carbons (Fsp3) is 0.105. The topological polar surface area (TPSA) is 88.0 Å². The summed E-state index contributed by atoms with van der Waals surface area (Å²) in [4.78, 5) is 27.7. The number of thioether (sulfide) groups is 1. The maximum absolute atomic E-state index is 12.2. The highest BCUT2D eigenvalue weighted by atomic mass is 35.5. The van der Waals surface area contributed by atoms with Gasteiger partial charge in [0.1, 0.15) is 5.75 Å². The molecule has 1 aliphatic rings. The molecule has 1 fully saturated rings. The SMILES string of the molecule is Cc1c(Cl)cccc1N=C1NC(=O)C(=Cc2ccc(OCC(=O)O)cc2)S1. The molecule has 0 radical (unpaired) electrons. The number of hydrogen-bond acceptors (Lipinski definition) is 5. The molecule has 0 bridgehead atoms. The molecule has 0 aliphatic carbocycles. The standard InChI is InChI=1S/C19H15ClN2O4S/c1-11-14(20)3-2-4-15(11)21-19-22-18(25)16(27-19)9-12-5-7-13(8-6-12)26-10-17(23)24/h2-9H,10H2,1H3,(H,23,24)(H,21,22,25). The molecule has 0 aromatic heterocycles. The van der Waals surface area contributed by atoms with Gasteiger partial charge in [-0.1, -0.05) is 29.8 Å². The highest BCUT2D eigenvalue weighted by molar-refractivity contribution is 8.18. The lowest BCUT2D eigenvalue weighted by Crippen LogP contribution is -2.19. The van der Waals surface area contributed by atoms with Gasteiger partial charge in [0.25, 0.3) is 5.91 Å². The Balaban J connectivity index is 1.74. The average molecular weight is 403 g/mol. The van der Waals surface area contributed by atoms with Gasteiger partial charge in [-0.05, 0) is 60.2 Å². The van der Waals surface area contributed by atoms with Gasteiger partial charge in [0.2, 0.25) is 0 Å². The minimum atomic E-state index is -1.04. The number of hydrogen-bond donors (Lipinski definition) is 2. The first kappa shape index (κ1) is 19.0. The highest BCUT2D eigenvalue weighted by Crippen LogP contribution is 2.31. The normalized spacial score (nSPS) is 16.6. The van der Waals surface area contributed by atoms with E-state index in [1.165, 1.54) is 11.8 Å². The van der Waals surface area contributed by atoms with Crippen molar-refractivity contribution in [2.24, 2.45) is 4.99 Å². The van der Waals surface area contributed by atoms with Crippen molar-refractivity contribution in [1.82, 2.24) is 5.32 Å². The van der Waals surface area contributed by atoms with E-state index in [-0.39, 0.29) is 5.91 Å². The molecule has 27 heavy (non-hydrogen) atoms. The molecule has 1 aliphatic heterocycles. The Bertz CT molecular complexity index is 955. The predicted molar refractivity (Wildman–Crippen MR) is 107 cm³/mol. The maximum atomic E-state index is 12.2. The molecular weight excluding hydrogens is 388 g/mol. The minimum Gasteiger partial charge on any atom is -0.482 e. The molecule has 0 spiro atoms. The van der Waals surface area contributed by atoms with Gasteiger partial charge in [-0.3, -0.25) is 4.79 Å². The second kappa shape index (κ2) is 8.28. The van der Waals surface area contributed by atoms with Crippen LogP contribution in [0.15, 0.2) is 52.4 Å². The zero-order valence-electron chi connectivity index (χ0n) is 14.2. The molecular formula is C19H15ClN2O4S. The Kier molecular flexibility index (Phi) is 5.83. The molecule has 8 heteroatoms. The first-order valence-electron chi connectivity index (χ1n) is 7.92. The molecule has 2 N–H and O–H groups in total. The van der Waals surface area contributed by atoms with Crippen molar-refractivity contribution in [3.8, 4) is 5.75 Å². The maximum Gasteiger partial charge on any atom is 0.341 e. The van der Waals surface area contributed by atoms with Crippen LogP contribution in [0.4, 0.5) is 5.69 Å². The summed E-state index contributed by atoms with van der Waals surface area (Å²) in [5, 5.41) is 12.4. The number of carbonyl (C=O) groups excluding carboxylic acids is 1. The lowest BCUT2D eigenvalue weighted by Gasteiger charge is -2.03. The molecule has 0 atom stereocenters. The van der Waals surface area contributed by atoms with Crippen molar-refractivity contribution in [3.63, 3.8) is 0 Å². The van der Waals surface area contributed by atoms with Crippen molar-refractivity contribution in [1.29, 1.82) is 0 Å². The molecule has 6 nitrogen and oxygen atoms in total. The quantitative estimate of drug-likeness (QED) is 0.738. The van der Waals surface area contributed by atoms with E-state index in [1.807, 2.05) is 13.0 Å². The monoisotopic (exact) mass is 402 g/mol. The van der Waals surface area contributed by atoms with E-state index in [4.69, 9.17) is 21.4 Å². The fourth-order valence-electron chi connectivity index (χ4n) is 2.26. The average Bonchev–Trinajstić information content (AvgIpc) is 2.97. The number of amides is 1. The molecule has 0 saturated carbocycles. The van der Waals surface area contributed by atoms with Gasteiger partial charge in [-0.25, -0.2) is 9.79 Å². The number of carbonyl (C=O) groups is 2. The zero-order valence-corrected chi connectivity index (χ0v) is 15.8. The van der Waals surface area contributed by atoms with E-state index >= 15 is 0 Å². The Morgan fingerprint density at radius 1 is 1.30 bits per heavy atom. The van der Waals surface area contributed by atoms with Crippen LogP contribution in [0.25, 0.3) is 6.08 Å². The largest absolute Gasteiger partial charge is 0.482 e. The number of benzene rings is 2. The summed E-state index contributed by atoms with van der Waals surface area (Å²) in [6.07, 6.45) is 1.73. The Morgan fingerprint density at radius 3 is 2.74 bits per heavy atom. The van der Waals surface area contributed by atoms with Crippen LogP contribution in [0.3, 0.4) is 0 Å². The van der Waals surface area contributed by atoms with Gasteiger partial charge in [0.15, 0.2) is 11.8 Å². The molecule has 1 amide bonds. The summed E-state index contributed by atoms with van der Waals surface area (Å²) in [5.41, 5.74) is 2.33. The number of aliphatic imine (C=N–C) groups is 1. The number of halogens is 1. The van der Waals surface area contributed by atoms with Gasteiger partial charge >= 0.3 is 5.97 Å². The number of aliphatic carboxylic acids is 1. The number of nitrogens with one attached hydrogen (secondary N) is 1. The third-order valence-corrected chi connectivity index (χ3v) is 4.97. The van der Waals surface area contributed by atoms with Gasteiger partial charge in [0.05, 0.1) is 10.6 Å². The molecule has 2 aromatic carbocycles. The first-order valence-corrected chi connectivity index (χ1v) is 9.11. The molecule has 3 rings (SSSR count). The van der Waals surface area contributed by atoms with Crippen molar-refractivity contribution >= 4 is 52.2 Å². The molecule has 1 saturated heterocycles. The van der Waals surface area contributed by atoms with E-state index in [0.717, 1.165) is 11.1 Å². The van der Waals surface area contributed by atoms with Crippen molar-refractivity contribution in [3.05, 3.63) is 63.5 Å². The second-order valence-corrected chi connectivity index (χ2v) is 7.05. The fourth-order valence-corrected chi connectivity index (χ4v) is 3.27. The van der Waals surface area contributed by atoms with Crippen molar-refractivity contribution < 1.29 is 19.4 Å². The third-order valence-electron chi connectivity index (χ3n) is 3.65. The van der Waals surface area contributed by atoms with Crippen molar-refractivity contribution in [2.45, 2.75) is 6.92 Å². The van der Waals surface area contributed by atoms with Gasteiger partial charge in [-0.2, -0.15) is 0 Å².